The van der Waals surface area contributed by atoms with Gasteiger partial charge in [0.05, 0.1) is 12.6 Å². The lowest BCUT2D eigenvalue weighted by atomic mass is 10.2. The summed E-state index contributed by atoms with van der Waals surface area (Å²) < 4.78 is 5.52. The predicted molar refractivity (Wildman–Crippen MR) is 67.8 cm³/mol. The van der Waals surface area contributed by atoms with Gasteiger partial charge >= 0.3 is 0 Å². The number of nitrogens with one attached hydrogen (secondary N) is 1. The molecule has 1 unspecified atom stereocenters. The average Bonchev–Trinajstić information content (AvgIpc) is 2.34. The second-order valence-electron chi connectivity index (χ2n) is 3.86. The van der Waals surface area contributed by atoms with Crippen molar-refractivity contribution < 1.29 is 9.53 Å². The highest BCUT2D eigenvalue weighted by Gasteiger charge is 2.13. The first kappa shape index (κ1) is 13.5. The Morgan fingerprint density at radius 3 is 2.71 bits per heavy atom. The van der Waals surface area contributed by atoms with Gasteiger partial charge in [0.2, 0.25) is 5.91 Å². The molecule has 3 N–H and O–H groups in total. The number of nitrogens with two attached hydrogens (primary N) is 1. The monoisotopic (exact) mass is 236 g/mol. The Bertz CT molecular complexity index is 327. The molecule has 0 radical (unpaired) electrons. The van der Waals surface area contributed by atoms with Gasteiger partial charge < -0.3 is 15.8 Å². The zero-order valence-corrected chi connectivity index (χ0v) is 10.2. The van der Waals surface area contributed by atoms with Crippen molar-refractivity contribution in [2.24, 2.45) is 5.73 Å². The average molecular weight is 236 g/mol. The van der Waals surface area contributed by atoms with Crippen LogP contribution in [0.4, 0.5) is 0 Å². The third-order valence-corrected chi connectivity index (χ3v) is 2.40. The summed E-state index contributed by atoms with van der Waals surface area (Å²) in [6, 6.07) is 9.23. The molecule has 0 aliphatic rings. The lowest BCUT2D eigenvalue weighted by Crippen LogP contribution is -2.42. The van der Waals surface area contributed by atoms with E-state index < -0.39 is 0 Å². The number of hydrogen-bond acceptors (Lipinski definition) is 3. The predicted octanol–water partition coefficient (Wildman–Crippen LogP) is 1.31. The van der Waals surface area contributed by atoms with Crippen molar-refractivity contribution >= 4 is 5.91 Å². The number of benzene rings is 1. The summed E-state index contributed by atoms with van der Waals surface area (Å²) in [5, 5.41) is 3.10. The van der Waals surface area contributed by atoms with Crippen LogP contribution in [0, 0.1) is 0 Å². The van der Waals surface area contributed by atoms with Gasteiger partial charge in [0.15, 0.2) is 0 Å². The molecule has 1 aromatic rings. The maximum absolute atomic E-state index is 11.2. The van der Waals surface area contributed by atoms with Crippen LogP contribution in [-0.2, 0) is 4.79 Å². The van der Waals surface area contributed by atoms with Crippen LogP contribution in [0.25, 0.3) is 0 Å². The van der Waals surface area contributed by atoms with Crippen LogP contribution in [-0.4, -0.2) is 25.1 Å². The zero-order valence-electron chi connectivity index (χ0n) is 10.2. The number of carbonyl (C=O) groups excluding carboxylic acids is 1. The SMILES string of the molecule is CCCNC(CCOc1ccccc1)C(N)=O. The number of carbonyl (C=O) groups is 1. The summed E-state index contributed by atoms with van der Waals surface area (Å²) in [5.41, 5.74) is 5.30. The molecule has 4 nitrogen and oxygen atoms in total. The van der Waals surface area contributed by atoms with Gasteiger partial charge in [0.1, 0.15) is 5.75 Å². The molecule has 0 bridgehead atoms. The second-order valence-corrected chi connectivity index (χ2v) is 3.86. The lowest BCUT2D eigenvalue weighted by Gasteiger charge is -2.15. The molecule has 1 rings (SSSR count). The molecule has 0 spiro atoms. The molecule has 0 fully saturated rings. The maximum Gasteiger partial charge on any atom is 0.234 e. The topological polar surface area (TPSA) is 64.3 Å². The van der Waals surface area contributed by atoms with E-state index in [4.69, 9.17) is 10.5 Å². The van der Waals surface area contributed by atoms with Gasteiger partial charge in [-0.25, -0.2) is 0 Å². The highest BCUT2D eigenvalue weighted by molar-refractivity contribution is 5.79. The summed E-state index contributed by atoms with van der Waals surface area (Å²) in [5.74, 6) is 0.487. The van der Waals surface area contributed by atoms with Crippen LogP contribution in [0.1, 0.15) is 19.8 Å². The lowest BCUT2D eigenvalue weighted by molar-refractivity contribution is -0.120. The summed E-state index contributed by atoms with van der Waals surface area (Å²) in [7, 11) is 0. The van der Waals surface area contributed by atoms with Crippen LogP contribution in [0.5, 0.6) is 5.75 Å². The number of rotatable bonds is 8. The Morgan fingerprint density at radius 1 is 1.41 bits per heavy atom. The highest BCUT2D eigenvalue weighted by atomic mass is 16.5. The van der Waals surface area contributed by atoms with Crippen LogP contribution in [0.3, 0.4) is 0 Å². The first-order chi connectivity index (χ1) is 8.24. The minimum atomic E-state index is -0.324. The molecule has 0 saturated heterocycles. The largest absolute Gasteiger partial charge is 0.494 e. The van der Waals surface area contributed by atoms with Gasteiger partial charge in [-0.05, 0) is 25.1 Å². The van der Waals surface area contributed by atoms with Crippen LogP contribution in [0.2, 0.25) is 0 Å². The molecule has 1 atom stereocenters. The van der Waals surface area contributed by atoms with E-state index in [1.54, 1.807) is 0 Å². The van der Waals surface area contributed by atoms with E-state index in [1.165, 1.54) is 0 Å². The molecule has 0 saturated carbocycles. The van der Waals surface area contributed by atoms with E-state index in [2.05, 4.69) is 5.32 Å². The maximum atomic E-state index is 11.2. The van der Waals surface area contributed by atoms with Gasteiger partial charge in [0.25, 0.3) is 0 Å². The van der Waals surface area contributed by atoms with Crippen molar-refractivity contribution in [3.63, 3.8) is 0 Å². The van der Waals surface area contributed by atoms with Crippen LogP contribution >= 0.6 is 0 Å². The third-order valence-electron chi connectivity index (χ3n) is 2.40. The van der Waals surface area contributed by atoms with Gasteiger partial charge in [-0.1, -0.05) is 25.1 Å². The Kier molecular flexibility index (Phi) is 6.10. The van der Waals surface area contributed by atoms with E-state index in [0.29, 0.717) is 13.0 Å². The molecule has 4 heteroatoms. The molecule has 0 aliphatic carbocycles. The fraction of sp³-hybridized carbons (Fsp3) is 0.462. The molecule has 0 heterocycles. The van der Waals surface area contributed by atoms with E-state index in [1.807, 2.05) is 37.3 Å². The molecule has 94 valence electrons. The number of hydrogen-bond donors (Lipinski definition) is 2. The minimum absolute atomic E-state index is 0.307. The van der Waals surface area contributed by atoms with Crippen molar-refractivity contribution in [3.05, 3.63) is 30.3 Å². The summed E-state index contributed by atoms with van der Waals surface area (Å²) in [6.45, 7) is 3.32. The van der Waals surface area contributed by atoms with Gasteiger partial charge in [-0.15, -0.1) is 0 Å². The quantitative estimate of drug-likeness (QED) is 0.715. The minimum Gasteiger partial charge on any atom is -0.494 e. The Labute approximate surface area is 102 Å². The van der Waals surface area contributed by atoms with Crippen molar-refractivity contribution in [2.75, 3.05) is 13.2 Å². The Balaban J connectivity index is 2.29. The van der Waals surface area contributed by atoms with Crippen LogP contribution < -0.4 is 15.8 Å². The van der Waals surface area contributed by atoms with Crippen molar-refractivity contribution in [1.82, 2.24) is 5.32 Å². The van der Waals surface area contributed by atoms with E-state index in [-0.39, 0.29) is 11.9 Å². The number of para-hydroxylation sites is 1. The molecular formula is C13H20N2O2. The molecule has 1 amide bonds. The first-order valence-electron chi connectivity index (χ1n) is 5.94. The van der Waals surface area contributed by atoms with Crippen molar-refractivity contribution in [2.45, 2.75) is 25.8 Å². The molecular weight excluding hydrogens is 216 g/mol. The van der Waals surface area contributed by atoms with E-state index >= 15 is 0 Å². The van der Waals surface area contributed by atoms with Gasteiger partial charge in [-0.3, -0.25) is 4.79 Å². The Hall–Kier alpha value is -1.55. The van der Waals surface area contributed by atoms with E-state index in [0.717, 1.165) is 18.7 Å². The molecule has 1 aromatic carbocycles. The van der Waals surface area contributed by atoms with Crippen molar-refractivity contribution in [1.29, 1.82) is 0 Å². The Morgan fingerprint density at radius 2 is 2.12 bits per heavy atom. The number of amides is 1. The van der Waals surface area contributed by atoms with Gasteiger partial charge in [0, 0.05) is 6.42 Å². The standard InChI is InChI=1S/C13H20N2O2/c1-2-9-15-12(13(14)16)8-10-17-11-6-4-3-5-7-11/h3-7,12,15H,2,8-10H2,1H3,(H2,14,16). The van der Waals surface area contributed by atoms with E-state index in [9.17, 15) is 4.79 Å². The summed E-state index contributed by atoms with van der Waals surface area (Å²) >= 11 is 0. The fourth-order valence-electron chi connectivity index (χ4n) is 1.47. The number of ether oxygens (including phenoxy) is 1. The molecule has 0 aromatic heterocycles. The van der Waals surface area contributed by atoms with Crippen LogP contribution in [0.15, 0.2) is 30.3 Å². The summed E-state index contributed by atoms with van der Waals surface area (Å²) in [4.78, 5) is 11.2. The zero-order chi connectivity index (χ0) is 12.5. The number of primary amides is 1. The van der Waals surface area contributed by atoms with Crippen molar-refractivity contribution in [3.8, 4) is 5.75 Å². The highest BCUT2D eigenvalue weighted by Crippen LogP contribution is 2.08. The third kappa shape index (κ3) is 5.36. The van der Waals surface area contributed by atoms with Gasteiger partial charge in [-0.2, -0.15) is 0 Å². The fourth-order valence-corrected chi connectivity index (χ4v) is 1.47. The second kappa shape index (κ2) is 7.68. The molecule has 17 heavy (non-hydrogen) atoms. The smallest absolute Gasteiger partial charge is 0.234 e. The first-order valence-corrected chi connectivity index (χ1v) is 5.94. The molecule has 0 aliphatic heterocycles. The normalized spacial score (nSPS) is 12.1. The summed E-state index contributed by atoms with van der Waals surface area (Å²) in [6.07, 6.45) is 1.56.